The van der Waals surface area contributed by atoms with Crippen molar-refractivity contribution in [3.63, 3.8) is 0 Å². The normalized spacial score (nSPS) is 21.9. The number of hydrogen-bond acceptors (Lipinski definition) is 4. The van der Waals surface area contributed by atoms with E-state index in [-0.39, 0.29) is 5.75 Å². The van der Waals surface area contributed by atoms with Gasteiger partial charge in [0.15, 0.2) is 6.54 Å². The molecule has 0 saturated heterocycles. The molecule has 0 fully saturated rings. The Morgan fingerprint density at radius 1 is 1.00 bits per heavy atom. The van der Waals surface area contributed by atoms with Gasteiger partial charge in [-0.1, -0.05) is 0 Å². The largest absolute Gasteiger partial charge is 0.497 e. The highest BCUT2D eigenvalue weighted by Crippen LogP contribution is 2.36. The second-order valence-electron chi connectivity index (χ2n) is 7.38. The molecule has 0 bridgehead atoms. The van der Waals surface area contributed by atoms with E-state index in [0.29, 0.717) is 6.54 Å². The van der Waals surface area contributed by atoms with Gasteiger partial charge in [-0.2, -0.15) is 8.78 Å². The first-order valence-electron chi connectivity index (χ1n) is 9.84. The Hall–Kier alpha value is -2.67. The Kier molecular flexibility index (Phi) is 5.41. The van der Waals surface area contributed by atoms with E-state index in [2.05, 4.69) is 14.2 Å². The molecular weight excluding hydrogens is 378 g/mol. The van der Waals surface area contributed by atoms with E-state index in [1.54, 1.807) is 19.2 Å². The summed E-state index contributed by atoms with van der Waals surface area (Å²) in [7, 11) is 1.61. The molecule has 7 heteroatoms. The standard InChI is InChI=1S/C22H25F2N2O3/c1-28-18-10-6-16(7-11-18)22(27)15-25(20-5-3-2-4-14-26(20)22)17-8-12-19(13-9-17)29-21(23)24/h6-13,21,27H,2-5,14-15H2,1H3/q+1/t22-/m1/s1. The predicted octanol–water partition coefficient (Wildman–Crippen LogP) is 3.95. The summed E-state index contributed by atoms with van der Waals surface area (Å²) in [5.41, 5.74) is 0.486. The highest BCUT2D eigenvalue weighted by Gasteiger charge is 2.51. The smallest absolute Gasteiger partial charge is 0.387 e. The van der Waals surface area contributed by atoms with Crippen LogP contribution in [-0.4, -0.2) is 42.3 Å². The average molecular weight is 403 g/mol. The minimum atomic E-state index is -2.85. The monoisotopic (exact) mass is 403 g/mol. The first-order valence-corrected chi connectivity index (χ1v) is 9.84. The van der Waals surface area contributed by atoms with Crippen molar-refractivity contribution < 1.29 is 27.9 Å². The fourth-order valence-electron chi connectivity index (χ4n) is 4.22. The van der Waals surface area contributed by atoms with Crippen molar-refractivity contribution in [2.75, 3.05) is 25.1 Å². The average Bonchev–Trinajstić information content (AvgIpc) is 2.87. The number of benzene rings is 2. The summed E-state index contributed by atoms with van der Waals surface area (Å²) in [6.07, 6.45) is 4.02. The lowest BCUT2D eigenvalue weighted by Crippen LogP contribution is -2.41. The minimum Gasteiger partial charge on any atom is -0.497 e. The van der Waals surface area contributed by atoms with E-state index < -0.39 is 12.3 Å². The highest BCUT2D eigenvalue weighted by atomic mass is 19.3. The maximum atomic E-state index is 12.4. The van der Waals surface area contributed by atoms with E-state index in [0.717, 1.165) is 55.1 Å². The maximum absolute atomic E-state index is 12.4. The van der Waals surface area contributed by atoms with Gasteiger partial charge in [0.25, 0.3) is 11.6 Å². The molecule has 0 aliphatic carbocycles. The zero-order valence-corrected chi connectivity index (χ0v) is 16.4. The summed E-state index contributed by atoms with van der Waals surface area (Å²) in [6.45, 7) is -1.72. The fraction of sp³-hybridized carbons (Fsp3) is 0.409. The third-order valence-electron chi connectivity index (χ3n) is 5.66. The van der Waals surface area contributed by atoms with Crippen LogP contribution in [0.1, 0.15) is 31.2 Å². The lowest BCUT2D eigenvalue weighted by Gasteiger charge is -2.23. The number of amidine groups is 1. The second kappa shape index (κ2) is 7.99. The van der Waals surface area contributed by atoms with Gasteiger partial charge < -0.3 is 14.6 Å². The van der Waals surface area contributed by atoms with Gasteiger partial charge in [0.1, 0.15) is 17.2 Å². The summed E-state index contributed by atoms with van der Waals surface area (Å²) >= 11 is 0. The zero-order valence-electron chi connectivity index (χ0n) is 16.4. The molecule has 2 heterocycles. The van der Waals surface area contributed by atoms with Gasteiger partial charge >= 0.3 is 6.61 Å². The third kappa shape index (κ3) is 3.79. The number of rotatable bonds is 5. The van der Waals surface area contributed by atoms with Crippen LogP contribution in [0.5, 0.6) is 11.5 Å². The summed E-state index contributed by atoms with van der Waals surface area (Å²) in [5.74, 6) is 1.92. The van der Waals surface area contributed by atoms with Crippen LogP contribution >= 0.6 is 0 Å². The highest BCUT2D eigenvalue weighted by molar-refractivity contribution is 5.96. The Balaban J connectivity index is 1.69. The summed E-state index contributed by atoms with van der Waals surface area (Å²) in [5, 5.41) is 11.8. The molecule has 1 N–H and O–H groups in total. The molecule has 0 saturated carbocycles. The molecule has 0 amide bonds. The molecule has 2 aliphatic heterocycles. The van der Waals surface area contributed by atoms with Gasteiger partial charge in [-0.15, -0.1) is 0 Å². The molecule has 0 spiro atoms. The molecule has 29 heavy (non-hydrogen) atoms. The van der Waals surface area contributed by atoms with Gasteiger partial charge in [0.05, 0.1) is 13.7 Å². The molecular formula is C22H25F2N2O3+. The first kappa shape index (κ1) is 19.6. The molecule has 0 radical (unpaired) electrons. The molecule has 5 nitrogen and oxygen atoms in total. The van der Waals surface area contributed by atoms with E-state index in [9.17, 15) is 13.9 Å². The Bertz CT molecular complexity index is 884. The van der Waals surface area contributed by atoms with Crippen LogP contribution in [0, 0.1) is 0 Å². The van der Waals surface area contributed by atoms with Crippen LogP contribution in [0.15, 0.2) is 48.5 Å². The SMILES string of the molecule is COc1ccc([C@]2(O)CN(c3ccc(OC(F)F)cc3)C3=[N+]2CCCCC3)cc1. The lowest BCUT2D eigenvalue weighted by atomic mass is 10.0. The van der Waals surface area contributed by atoms with Crippen molar-refractivity contribution in [1.82, 2.24) is 0 Å². The number of alkyl halides is 2. The number of anilines is 1. The zero-order chi connectivity index (χ0) is 20.4. The van der Waals surface area contributed by atoms with Crippen molar-refractivity contribution >= 4 is 11.5 Å². The number of aliphatic hydroxyl groups is 1. The molecule has 0 unspecified atom stereocenters. The van der Waals surface area contributed by atoms with Crippen LogP contribution in [0.4, 0.5) is 14.5 Å². The Morgan fingerprint density at radius 2 is 1.69 bits per heavy atom. The van der Waals surface area contributed by atoms with E-state index in [4.69, 9.17) is 4.74 Å². The fourth-order valence-corrected chi connectivity index (χ4v) is 4.22. The number of ether oxygens (including phenoxy) is 2. The van der Waals surface area contributed by atoms with Crippen molar-refractivity contribution in [3.05, 3.63) is 54.1 Å². The van der Waals surface area contributed by atoms with Crippen LogP contribution in [-0.2, 0) is 5.72 Å². The van der Waals surface area contributed by atoms with Gasteiger partial charge in [-0.05, 0) is 67.8 Å². The van der Waals surface area contributed by atoms with Crippen LogP contribution in [0.25, 0.3) is 0 Å². The molecule has 0 aromatic heterocycles. The topological polar surface area (TPSA) is 44.9 Å². The van der Waals surface area contributed by atoms with Gasteiger partial charge in [-0.25, -0.2) is 9.48 Å². The Labute approximate surface area is 168 Å². The quantitative estimate of drug-likeness (QED) is 0.768. The molecule has 2 aromatic carbocycles. The molecule has 154 valence electrons. The molecule has 1 atom stereocenters. The number of hydrogen-bond donors (Lipinski definition) is 1. The number of halogens is 2. The first-order chi connectivity index (χ1) is 14.0. The minimum absolute atomic E-state index is 0.121. The summed E-state index contributed by atoms with van der Waals surface area (Å²) in [4.78, 5) is 2.09. The van der Waals surface area contributed by atoms with Gasteiger partial charge in [0, 0.05) is 12.0 Å². The predicted molar refractivity (Wildman–Crippen MR) is 106 cm³/mol. The van der Waals surface area contributed by atoms with Crippen molar-refractivity contribution in [2.45, 2.75) is 38.0 Å². The summed E-state index contributed by atoms with van der Waals surface area (Å²) < 4.78 is 36.7. The summed E-state index contributed by atoms with van der Waals surface area (Å²) in [6, 6.07) is 14.1. The lowest BCUT2D eigenvalue weighted by molar-refractivity contribution is -0.658. The van der Waals surface area contributed by atoms with Crippen molar-refractivity contribution in [3.8, 4) is 11.5 Å². The van der Waals surface area contributed by atoms with E-state index >= 15 is 0 Å². The van der Waals surface area contributed by atoms with Crippen molar-refractivity contribution in [1.29, 1.82) is 0 Å². The van der Waals surface area contributed by atoms with Crippen molar-refractivity contribution in [2.24, 2.45) is 0 Å². The van der Waals surface area contributed by atoms with Crippen LogP contribution in [0.3, 0.4) is 0 Å². The number of β-amino-alcohol motifs (C(OH)–C–C–N with tert-alkyl or cyclic N) is 1. The van der Waals surface area contributed by atoms with E-state index in [1.807, 2.05) is 24.3 Å². The Morgan fingerprint density at radius 3 is 2.34 bits per heavy atom. The second-order valence-corrected chi connectivity index (χ2v) is 7.38. The van der Waals surface area contributed by atoms with Crippen LogP contribution in [0.2, 0.25) is 0 Å². The molecule has 2 aromatic rings. The van der Waals surface area contributed by atoms with Gasteiger partial charge in [0.2, 0.25) is 0 Å². The van der Waals surface area contributed by atoms with Crippen LogP contribution < -0.4 is 14.4 Å². The number of methoxy groups -OCH3 is 1. The third-order valence-corrected chi connectivity index (χ3v) is 5.66. The number of nitrogens with zero attached hydrogens (tertiary/aromatic N) is 2. The van der Waals surface area contributed by atoms with E-state index in [1.165, 1.54) is 12.1 Å². The maximum Gasteiger partial charge on any atom is 0.387 e. The van der Waals surface area contributed by atoms with Gasteiger partial charge in [-0.3, -0.25) is 0 Å². The molecule has 2 aliphatic rings. The molecule has 4 rings (SSSR count).